The minimum Gasteiger partial charge on any atom is -0.507 e. The van der Waals surface area contributed by atoms with Crippen molar-refractivity contribution in [3.05, 3.63) is 91.0 Å². The van der Waals surface area contributed by atoms with Gasteiger partial charge in [0.25, 0.3) is 0 Å². The number of phenolic OH excluding ortho intramolecular Hbond substituents is 1. The Bertz CT molecular complexity index is 960. The zero-order chi connectivity index (χ0) is 16.4. The molecule has 3 heteroatoms. The van der Waals surface area contributed by atoms with Crippen molar-refractivity contribution in [2.75, 3.05) is 0 Å². The Morgan fingerprint density at radius 1 is 0.708 bits per heavy atom. The fourth-order valence-electron chi connectivity index (χ4n) is 2.78. The lowest BCUT2D eigenvalue weighted by Crippen LogP contribution is -1.99. The highest BCUT2D eigenvalue weighted by molar-refractivity contribution is 5.74. The average molecular weight is 312 g/mol. The van der Waals surface area contributed by atoms with Gasteiger partial charge in [-0.05, 0) is 30.3 Å². The van der Waals surface area contributed by atoms with Gasteiger partial charge in [-0.25, -0.2) is 4.68 Å². The summed E-state index contributed by atoms with van der Waals surface area (Å²) in [6.07, 6.45) is 0. The van der Waals surface area contributed by atoms with Crippen molar-refractivity contribution in [3.8, 4) is 34.0 Å². The van der Waals surface area contributed by atoms with E-state index in [1.807, 2.05) is 89.6 Å². The van der Waals surface area contributed by atoms with E-state index in [4.69, 9.17) is 5.10 Å². The minimum atomic E-state index is 0.245. The van der Waals surface area contributed by atoms with Crippen molar-refractivity contribution in [1.82, 2.24) is 9.78 Å². The molecule has 0 atom stereocenters. The maximum atomic E-state index is 10.3. The molecule has 3 nitrogen and oxygen atoms in total. The summed E-state index contributed by atoms with van der Waals surface area (Å²) < 4.78 is 1.87. The molecule has 0 radical (unpaired) electrons. The van der Waals surface area contributed by atoms with Crippen LogP contribution >= 0.6 is 0 Å². The second-order valence-electron chi connectivity index (χ2n) is 5.55. The monoisotopic (exact) mass is 312 g/mol. The van der Waals surface area contributed by atoms with Gasteiger partial charge >= 0.3 is 0 Å². The van der Waals surface area contributed by atoms with Gasteiger partial charge in [-0.2, -0.15) is 5.10 Å². The number of aromatic hydroxyl groups is 1. The molecular weight excluding hydrogens is 296 g/mol. The highest BCUT2D eigenvalue weighted by Crippen LogP contribution is 2.33. The lowest BCUT2D eigenvalue weighted by molar-refractivity contribution is 0.477. The molecule has 0 spiro atoms. The lowest BCUT2D eigenvalue weighted by Gasteiger charge is -2.08. The first-order valence-electron chi connectivity index (χ1n) is 7.82. The Morgan fingerprint density at radius 2 is 1.33 bits per heavy atom. The average Bonchev–Trinajstić information content (AvgIpc) is 3.09. The number of para-hydroxylation sites is 2. The molecule has 116 valence electrons. The van der Waals surface area contributed by atoms with E-state index in [9.17, 15) is 5.11 Å². The molecule has 4 rings (SSSR count). The van der Waals surface area contributed by atoms with Crippen LogP contribution in [0.25, 0.3) is 28.2 Å². The molecule has 0 bridgehead atoms. The van der Waals surface area contributed by atoms with Gasteiger partial charge in [0.05, 0.1) is 17.1 Å². The van der Waals surface area contributed by atoms with Crippen LogP contribution in [0.15, 0.2) is 91.0 Å². The van der Waals surface area contributed by atoms with E-state index in [-0.39, 0.29) is 5.75 Å². The van der Waals surface area contributed by atoms with Crippen molar-refractivity contribution in [1.29, 1.82) is 0 Å². The largest absolute Gasteiger partial charge is 0.507 e. The number of hydrogen-bond donors (Lipinski definition) is 1. The molecule has 1 N–H and O–H groups in total. The number of aromatic nitrogens is 2. The van der Waals surface area contributed by atoms with Gasteiger partial charge in [0.1, 0.15) is 5.75 Å². The predicted molar refractivity (Wildman–Crippen MR) is 96.1 cm³/mol. The van der Waals surface area contributed by atoms with Crippen molar-refractivity contribution in [3.63, 3.8) is 0 Å². The van der Waals surface area contributed by atoms with Crippen LogP contribution in [0.1, 0.15) is 0 Å². The van der Waals surface area contributed by atoms with E-state index in [1.54, 1.807) is 6.07 Å². The van der Waals surface area contributed by atoms with Crippen molar-refractivity contribution < 1.29 is 5.11 Å². The molecule has 3 aromatic carbocycles. The van der Waals surface area contributed by atoms with E-state index in [2.05, 4.69) is 0 Å². The summed E-state index contributed by atoms with van der Waals surface area (Å²) in [5, 5.41) is 15.0. The minimum absolute atomic E-state index is 0.245. The summed E-state index contributed by atoms with van der Waals surface area (Å²) in [5.41, 5.74) is 4.49. The van der Waals surface area contributed by atoms with Gasteiger partial charge in [0.15, 0.2) is 0 Å². The molecule has 0 aliphatic heterocycles. The Balaban J connectivity index is 1.94. The summed E-state index contributed by atoms with van der Waals surface area (Å²) in [5.74, 6) is 0.245. The van der Waals surface area contributed by atoms with Gasteiger partial charge in [-0.15, -0.1) is 0 Å². The SMILES string of the molecule is Oc1ccccc1-c1cc(-c2ccccc2)nn1-c1ccccc1. The fraction of sp³-hybridized carbons (Fsp3) is 0. The molecule has 0 fully saturated rings. The molecule has 0 saturated carbocycles. The van der Waals surface area contributed by atoms with Crippen LogP contribution in [0.5, 0.6) is 5.75 Å². The fourth-order valence-corrected chi connectivity index (χ4v) is 2.78. The van der Waals surface area contributed by atoms with E-state index < -0.39 is 0 Å². The second kappa shape index (κ2) is 6.05. The zero-order valence-electron chi connectivity index (χ0n) is 13.0. The second-order valence-corrected chi connectivity index (χ2v) is 5.55. The van der Waals surface area contributed by atoms with E-state index >= 15 is 0 Å². The van der Waals surface area contributed by atoms with E-state index in [0.29, 0.717) is 0 Å². The number of benzene rings is 3. The topological polar surface area (TPSA) is 38.1 Å². The summed E-state index contributed by atoms with van der Waals surface area (Å²) in [6.45, 7) is 0. The number of phenols is 1. The first-order chi connectivity index (χ1) is 11.8. The summed E-state index contributed by atoms with van der Waals surface area (Å²) in [6, 6.07) is 29.3. The molecule has 0 amide bonds. The van der Waals surface area contributed by atoms with Gasteiger partial charge in [-0.3, -0.25) is 0 Å². The summed E-state index contributed by atoms with van der Waals surface area (Å²) in [4.78, 5) is 0. The molecule has 0 unspecified atom stereocenters. The van der Waals surface area contributed by atoms with Gasteiger partial charge in [-0.1, -0.05) is 60.7 Å². The van der Waals surface area contributed by atoms with Crippen LogP contribution in [0.3, 0.4) is 0 Å². The molecule has 1 heterocycles. The maximum Gasteiger partial charge on any atom is 0.124 e. The molecule has 4 aromatic rings. The van der Waals surface area contributed by atoms with E-state index in [1.165, 1.54) is 0 Å². The zero-order valence-corrected chi connectivity index (χ0v) is 13.0. The van der Waals surface area contributed by atoms with Crippen LogP contribution in [0, 0.1) is 0 Å². The van der Waals surface area contributed by atoms with Crippen LogP contribution in [-0.2, 0) is 0 Å². The first-order valence-corrected chi connectivity index (χ1v) is 7.82. The van der Waals surface area contributed by atoms with Crippen molar-refractivity contribution in [2.45, 2.75) is 0 Å². The Morgan fingerprint density at radius 3 is 2.04 bits per heavy atom. The number of hydrogen-bond acceptors (Lipinski definition) is 2. The Kier molecular flexibility index (Phi) is 3.60. The molecule has 1 aromatic heterocycles. The van der Waals surface area contributed by atoms with Gasteiger partial charge in [0, 0.05) is 11.1 Å². The highest BCUT2D eigenvalue weighted by Gasteiger charge is 2.15. The van der Waals surface area contributed by atoms with E-state index in [0.717, 1.165) is 28.2 Å². The molecule has 0 aliphatic carbocycles. The summed E-state index contributed by atoms with van der Waals surface area (Å²) >= 11 is 0. The number of nitrogens with zero attached hydrogens (tertiary/aromatic N) is 2. The molecule has 0 aliphatic rings. The van der Waals surface area contributed by atoms with Crippen LogP contribution in [0.4, 0.5) is 0 Å². The van der Waals surface area contributed by atoms with Crippen LogP contribution < -0.4 is 0 Å². The van der Waals surface area contributed by atoms with Crippen molar-refractivity contribution >= 4 is 0 Å². The Hall–Kier alpha value is -3.33. The maximum absolute atomic E-state index is 10.3. The highest BCUT2D eigenvalue weighted by atomic mass is 16.3. The smallest absolute Gasteiger partial charge is 0.124 e. The molecule has 0 saturated heterocycles. The third-order valence-electron chi connectivity index (χ3n) is 3.96. The normalized spacial score (nSPS) is 10.7. The third kappa shape index (κ3) is 2.57. The lowest BCUT2D eigenvalue weighted by atomic mass is 10.1. The van der Waals surface area contributed by atoms with Crippen LogP contribution in [-0.4, -0.2) is 14.9 Å². The van der Waals surface area contributed by atoms with Gasteiger partial charge in [0.2, 0.25) is 0 Å². The van der Waals surface area contributed by atoms with Crippen molar-refractivity contribution in [2.24, 2.45) is 0 Å². The Labute approximate surface area is 140 Å². The first kappa shape index (κ1) is 14.3. The third-order valence-corrected chi connectivity index (χ3v) is 3.96. The standard InChI is InChI=1S/C21H16N2O/c24-21-14-8-7-13-18(21)20-15-19(16-9-3-1-4-10-16)22-23(20)17-11-5-2-6-12-17/h1-15,24H. The molecular formula is C21H16N2O. The quantitative estimate of drug-likeness (QED) is 0.583. The van der Waals surface area contributed by atoms with Crippen LogP contribution in [0.2, 0.25) is 0 Å². The summed E-state index contributed by atoms with van der Waals surface area (Å²) in [7, 11) is 0. The molecule has 24 heavy (non-hydrogen) atoms. The number of rotatable bonds is 3. The predicted octanol–water partition coefficient (Wildman–Crippen LogP) is 4.91. The van der Waals surface area contributed by atoms with Gasteiger partial charge < -0.3 is 5.11 Å².